The molecule has 1 aliphatic rings. The summed E-state index contributed by atoms with van der Waals surface area (Å²) >= 11 is 0. The van der Waals surface area contributed by atoms with E-state index in [2.05, 4.69) is 35.8 Å². The Hall–Kier alpha value is -1.06. The van der Waals surface area contributed by atoms with Gasteiger partial charge in [-0.25, -0.2) is 0 Å². The largest absolute Gasteiger partial charge is 0.496 e. The van der Waals surface area contributed by atoms with Crippen molar-refractivity contribution in [3.63, 3.8) is 0 Å². The highest BCUT2D eigenvalue weighted by atomic mass is 16.5. The van der Waals surface area contributed by atoms with Crippen molar-refractivity contribution in [3.8, 4) is 5.75 Å². The van der Waals surface area contributed by atoms with Gasteiger partial charge in [0.2, 0.25) is 0 Å². The van der Waals surface area contributed by atoms with E-state index in [9.17, 15) is 0 Å². The van der Waals surface area contributed by atoms with Gasteiger partial charge in [0.15, 0.2) is 0 Å². The standard InChI is InChI=1S/C16H26N2O/c1-13-5-6-15(19-3)14(9-13)10-18-12-16(11-17-2)7-4-8-16/h5-6,9,17-18H,4,7-8,10-12H2,1-3H3. The van der Waals surface area contributed by atoms with E-state index >= 15 is 0 Å². The molecule has 1 fully saturated rings. The molecule has 0 saturated heterocycles. The SMILES string of the molecule is CNCC1(CNCc2cc(C)ccc2OC)CCC1. The van der Waals surface area contributed by atoms with Gasteiger partial charge in [-0.15, -0.1) is 0 Å². The average molecular weight is 262 g/mol. The van der Waals surface area contributed by atoms with Crippen LogP contribution in [0.3, 0.4) is 0 Å². The van der Waals surface area contributed by atoms with Crippen molar-refractivity contribution in [1.29, 1.82) is 0 Å². The van der Waals surface area contributed by atoms with Crippen LogP contribution in [0.4, 0.5) is 0 Å². The van der Waals surface area contributed by atoms with Crippen LogP contribution in [-0.4, -0.2) is 27.2 Å². The summed E-state index contributed by atoms with van der Waals surface area (Å²) < 4.78 is 5.42. The van der Waals surface area contributed by atoms with Crippen molar-refractivity contribution in [3.05, 3.63) is 29.3 Å². The quantitative estimate of drug-likeness (QED) is 0.792. The van der Waals surface area contributed by atoms with E-state index in [1.807, 2.05) is 7.05 Å². The summed E-state index contributed by atoms with van der Waals surface area (Å²) in [6.45, 7) is 5.21. The Labute approximate surface area is 116 Å². The predicted molar refractivity (Wildman–Crippen MR) is 79.6 cm³/mol. The van der Waals surface area contributed by atoms with Crippen LogP contribution in [0.1, 0.15) is 30.4 Å². The molecule has 3 heteroatoms. The molecule has 0 radical (unpaired) electrons. The summed E-state index contributed by atoms with van der Waals surface area (Å²) in [6, 6.07) is 6.35. The van der Waals surface area contributed by atoms with Crippen LogP contribution in [-0.2, 0) is 6.54 Å². The van der Waals surface area contributed by atoms with Crippen LogP contribution in [0.25, 0.3) is 0 Å². The maximum atomic E-state index is 5.42. The second-order valence-corrected chi connectivity index (χ2v) is 5.80. The number of hydrogen-bond acceptors (Lipinski definition) is 3. The molecular weight excluding hydrogens is 236 g/mol. The maximum absolute atomic E-state index is 5.42. The smallest absolute Gasteiger partial charge is 0.123 e. The third-order valence-electron chi connectivity index (χ3n) is 4.22. The van der Waals surface area contributed by atoms with Gasteiger partial charge in [0.05, 0.1) is 7.11 Å². The Morgan fingerprint density at radius 3 is 2.63 bits per heavy atom. The number of aryl methyl sites for hydroxylation is 1. The fourth-order valence-corrected chi connectivity index (χ4v) is 2.98. The normalized spacial score (nSPS) is 17.0. The minimum atomic E-state index is 0.478. The molecule has 0 aromatic heterocycles. The predicted octanol–water partition coefficient (Wildman–Crippen LogP) is 2.48. The van der Waals surface area contributed by atoms with Gasteiger partial charge in [-0.1, -0.05) is 24.1 Å². The summed E-state index contributed by atoms with van der Waals surface area (Å²) in [5, 5.41) is 6.94. The van der Waals surface area contributed by atoms with Crippen LogP contribution in [0, 0.1) is 12.3 Å². The molecule has 106 valence electrons. The number of hydrogen-bond donors (Lipinski definition) is 2. The lowest BCUT2D eigenvalue weighted by Gasteiger charge is -2.42. The van der Waals surface area contributed by atoms with Gasteiger partial charge >= 0.3 is 0 Å². The lowest BCUT2D eigenvalue weighted by molar-refractivity contribution is 0.130. The highest BCUT2D eigenvalue weighted by molar-refractivity contribution is 5.36. The van der Waals surface area contributed by atoms with Crippen molar-refractivity contribution in [2.45, 2.75) is 32.7 Å². The van der Waals surface area contributed by atoms with Crippen molar-refractivity contribution in [1.82, 2.24) is 10.6 Å². The molecule has 0 atom stereocenters. The summed E-state index contributed by atoms with van der Waals surface area (Å²) in [7, 11) is 3.78. The molecule has 1 aliphatic carbocycles. The van der Waals surface area contributed by atoms with Crippen molar-refractivity contribution >= 4 is 0 Å². The number of methoxy groups -OCH3 is 1. The first-order valence-corrected chi connectivity index (χ1v) is 7.18. The Balaban J connectivity index is 1.90. The van der Waals surface area contributed by atoms with Gasteiger partial charge in [0, 0.05) is 25.2 Å². The second-order valence-electron chi connectivity index (χ2n) is 5.80. The first-order chi connectivity index (χ1) is 9.19. The Kier molecular flexibility index (Phi) is 4.83. The molecule has 3 nitrogen and oxygen atoms in total. The van der Waals surface area contributed by atoms with Gasteiger partial charge < -0.3 is 15.4 Å². The zero-order valence-corrected chi connectivity index (χ0v) is 12.4. The van der Waals surface area contributed by atoms with Gasteiger partial charge in [-0.05, 0) is 38.3 Å². The van der Waals surface area contributed by atoms with Gasteiger partial charge in [0.1, 0.15) is 5.75 Å². The fourth-order valence-electron chi connectivity index (χ4n) is 2.98. The molecule has 0 heterocycles. The number of nitrogens with one attached hydrogen (secondary N) is 2. The number of ether oxygens (including phenoxy) is 1. The van der Waals surface area contributed by atoms with E-state index in [0.717, 1.165) is 25.4 Å². The average Bonchev–Trinajstić information content (AvgIpc) is 2.36. The highest BCUT2D eigenvalue weighted by Crippen LogP contribution is 2.39. The van der Waals surface area contributed by atoms with Crippen molar-refractivity contribution in [2.24, 2.45) is 5.41 Å². The molecule has 1 aromatic carbocycles. The number of rotatable bonds is 7. The molecule has 1 saturated carbocycles. The Bertz CT molecular complexity index is 413. The van der Waals surface area contributed by atoms with Crippen LogP contribution in [0.15, 0.2) is 18.2 Å². The molecule has 19 heavy (non-hydrogen) atoms. The molecule has 0 unspecified atom stereocenters. The van der Waals surface area contributed by atoms with E-state index in [1.165, 1.54) is 30.4 Å². The molecule has 2 N–H and O–H groups in total. The van der Waals surface area contributed by atoms with Gasteiger partial charge in [-0.3, -0.25) is 0 Å². The molecule has 0 aliphatic heterocycles. The third-order valence-corrected chi connectivity index (χ3v) is 4.22. The number of benzene rings is 1. The highest BCUT2D eigenvalue weighted by Gasteiger charge is 2.35. The molecule has 1 aromatic rings. The van der Waals surface area contributed by atoms with Crippen LogP contribution in [0.2, 0.25) is 0 Å². The van der Waals surface area contributed by atoms with Crippen molar-refractivity contribution in [2.75, 3.05) is 27.2 Å². The fraction of sp³-hybridized carbons (Fsp3) is 0.625. The molecule has 0 amide bonds. The third kappa shape index (κ3) is 3.48. The summed E-state index contributed by atoms with van der Waals surface area (Å²) in [5.74, 6) is 0.981. The second kappa shape index (κ2) is 6.40. The van der Waals surface area contributed by atoms with Crippen LogP contribution < -0.4 is 15.4 Å². The molecule has 2 rings (SSSR count). The first kappa shape index (κ1) is 14.4. The van der Waals surface area contributed by atoms with Crippen molar-refractivity contribution < 1.29 is 4.74 Å². The topological polar surface area (TPSA) is 33.3 Å². The van der Waals surface area contributed by atoms with E-state index in [0.29, 0.717) is 5.41 Å². The van der Waals surface area contributed by atoms with Gasteiger partial charge in [0.25, 0.3) is 0 Å². The minimum Gasteiger partial charge on any atom is -0.496 e. The molecule has 0 spiro atoms. The zero-order valence-electron chi connectivity index (χ0n) is 12.4. The maximum Gasteiger partial charge on any atom is 0.123 e. The summed E-state index contributed by atoms with van der Waals surface area (Å²) in [4.78, 5) is 0. The summed E-state index contributed by atoms with van der Waals surface area (Å²) in [5.41, 5.74) is 3.01. The Morgan fingerprint density at radius 2 is 2.05 bits per heavy atom. The lowest BCUT2D eigenvalue weighted by atomic mass is 9.68. The van der Waals surface area contributed by atoms with E-state index < -0.39 is 0 Å². The zero-order chi connectivity index (χ0) is 13.7. The van der Waals surface area contributed by atoms with E-state index in [-0.39, 0.29) is 0 Å². The monoisotopic (exact) mass is 262 g/mol. The molecule has 0 bridgehead atoms. The molecular formula is C16H26N2O. The van der Waals surface area contributed by atoms with Crippen LogP contribution in [0.5, 0.6) is 5.75 Å². The van der Waals surface area contributed by atoms with Gasteiger partial charge in [-0.2, -0.15) is 0 Å². The van der Waals surface area contributed by atoms with E-state index in [1.54, 1.807) is 7.11 Å². The Morgan fingerprint density at radius 1 is 1.26 bits per heavy atom. The summed E-state index contributed by atoms with van der Waals surface area (Å²) in [6.07, 6.45) is 4.05. The lowest BCUT2D eigenvalue weighted by Crippen LogP contribution is -2.46. The van der Waals surface area contributed by atoms with Crippen LogP contribution >= 0.6 is 0 Å². The first-order valence-electron chi connectivity index (χ1n) is 7.18. The van der Waals surface area contributed by atoms with E-state index in [4.69, 9.17) is 4.74 Å². The minimum absolute atomic E-state index is 0.478.